The lowest BCUT2D eigenvalue weighted by atomic mass is 10.1. The lowest BCUT2D eigenvalue weighted by Gasteiger charge is -2.23. The van der Waals surface area contributed by atoms with Crippen LogP contribution in [0.4, 0.5) is 0 Å². The van der Waals surface area contributed by atoms with Gasteiger partial charge in [0.15, 0.2) is 0 Å². The Morgan fingerprint density at radius 1 is 0.846 bits per heavy atom. The summed E-state index contributed by atoms with van der Waals surface area (Å²) in [5.74, 6) is -0.338. The summed E-state index contributed by atoms with van der Waals surface area (Å²) in [7, 11) is 0. The highest BCUT2D eigenvalue weighted by atomic mass is 16.5. The third-order valence-corrected chi connectivity index (χ3v) is 4.47. The van der Waals surface area contributed by atoms with E-state index in [4.69, 9.17) is 5.21 Å². The van der Waals surface area contributed by atoms with Crippen LogP contribution >= 0.6 is 0 Å². The van der Waals surface area contributed by atoms with Gasteiger partial charge in [-0.3, -0.25) is 14.9 Å². The maximum atomic E-state index is 11.3. The van der Waals surface area contributed by atoms with Crippen molar-refractivity contribution in [2.24, 2.45) is 0 Å². The number of hydrogen-bond acceptors (Lipinski definition) is 3. The number of carbonyl (C=O) groups is 1. The second-order valence-corrected chi connectivity index (χ2v) is 6.52. The van der Waals surface area contributed by atoms with E-state index >= 15 is 0 Å². The van der Waals surface area contributed by atoms with Gasteiger partial charge >= 0.3 is 0 Å². The summed E-state index contributed by atoms with van der Waals surface area (Å²) in [4.78, 5) is 13.6. The van der Waals surface area contributed by atoms with Gasteiger partial charge in [-0.05, 0) is 40.9 Å². The van der Waals surface area contributed by atoms with Gasteiger partial charge in [-0.2, -0.15) is 0 Å². The molecule has 0 heterocycles. The highest BCUT2D eigenvalue weighted by Crippen LogP contribution is 2.18. The fraction of sp³-hybridized carbons (Fsp3) is 0.227. The van der Waals surface area contributed by atoms with Gasteiger partial charge in [-0.1, -0.05) is 66.7 Å². The number of hydrogen-bond donors (Lipinski definition) is 2. The number of hydroxylamine groups is 1. The molecule has 0 aliphatic heterocycles. The molecule has 3 rings (SSSR count). The largest absolute Gasteiger partial charge is 0.295 e. The van der Waals surface area contributed by atoms with E-state index in [9.17, 15) is 4.79 Å². The van der Waals surface area contributed by atoms with Crippen molar-refractivity contribution >= 4 is 16.7 Å². The standard InChI is InChI=1S/C22H24N2O2/c25-22(23-26)11-6-14-24(16-18-7-2-1-3-8-18)17-19-12-13-20-9-4-5-10-21(20)15-19/h1-5,7-10,12-13,15,26H,6,11,14,16-17H2,(H,23,25). The number of rotatable bonds is 8. The zero-order valence-electron chi connectivity index (χ0n) is 14.8. The Kier molecular flexibility index (Phi) is 6.36. The minimum absolute atomic E-state index is 0.319. The molecule has 0 saturated heterocycles. The smallest absolute Gasteiger partial charge is 0.243 e. The van der Waals surface area contributed by atoms with Crippen molar-refractivity contribution in [2.75, 3.05) is 6.54 Å². The Morgan fingerprint density at radius 2 is 1.54 bits per heavy atom. The van der Waals surface area contributed by atoms with Crippen molar-refractivity contribution in [3.63, 3.8) is 0 Å². The van der Waals surface area contributed by atoms with Crippen molar-refractivity contribution < 1.29 is 10.0 Å². The van der Waals surface area contributed by atoms with Crippen LogP contribution in [0.3, 0.4) is 0 Å². The van der Waals surface area contributed by atoms with Gasteiger partial charge < -0.3 is 0 Å². The molecule has 1 amide bonds. The summed E-state index contributed by atoms with van der Waals surface area (Å²) in [6.07, 6.45) is 1.02. The number of amides is 1. The zero-order valence-corrected chi connectivity index (χ0v) is 14.8. The van der Waals surface area contributed by atoms with Crippen LogP contribution in [0.1, 0.15) is 24.0 Å². The monoisotopic (exact) mass is 348 g/mol. The van der Waals surface area contributed by atoms with Crippen molar-refractivity contribution in [1.29, 1.82) is 0 Å². The van der Waals surface area contributed by atoms with Crippen LogP contribution < -0.4 is 5.48 Å². The van der Waals surface area contributed by atoms with Crippen LogP contribution in [-0.2, 0) is 17.9 Å². The molecule has 0 aromatic heterocycles. The van der Waals surface area contributed by atoms with Crippen molar-refractivity contribution in [2.45, 2.75) is 25.9 Å². The molecule has 0 aliphatic rings. The van der Waals surface area contributed by atoms with Crippen LogP contribution in [0, 0.1) is 0 Å². The topological polar surface area (TPSA) is 52.6 Å². The molecule has 26 heavy (non-hydrogen) atoms. The first-order valence-corrected chi connectivity index (χ1v) is 8.91. The van der Waals surface area contributed by atoms with Gasteiger partial charge in [0.1, 0.15) is 0 Å². The molecule has 3 aromatic rings. The van der Waals surface area contributed by atoms with Gasteiger partial charge in [0.2, 0.25) is 5.91 Å². The molecular weight excluding hydrogens is 324 g/mol. The summed E-state index contributed by atoms with van der Waals surface area (Å²) < 4.78 is 0. The maximum absolute atomic E-state index is 11.3. The maximum Gasteiger partial charge on any atom is 0.243 e. The molecule has 0 radical (unpaired) electrons. The molecule has 0 unspecified atom stereocenters. The van der Waals surface area contributed by atoms with E-state index < -0.39 is 0 Å². The van der Waals surface area contributed by atoms with Crippen molar-refractivity contribution in [3.05, 3.63) is 83.9 Å². The SMILES string of the molecule is O=C(CCCN(Cc1ccccc1)Cc1ccc2ccccc2c1)NO. The van der Waals surface area contributed by atoms with Crippen LogP contribution in [0.5, 0.6) is 0 Å². The van der Waals surface area contributed by atoms with Crippen LogP contribution in [0.15, 0.2) is 72.8 Å². The lowest BCUT2D eigenvalue weighted by molar-refractivity contribution is -0.129. The summed E-state index contributed by atoms with van der Waals surface area (Å²) in [6.45, 7) is 2.43. The molecule has 0 fully saturated rings. The first-order valence-electron chi connectivity index (χ1n) is 8.91. The number of benzene rings is 3. The second kappa shape index (κ2) is 9.13. The van der Waals surface area contributed by atoms with Crippen LogP contribution in [0.2, 0.25) is 0 Å². The van der Waals surface area contributed by atoms with Gasteiger partial charge in [-0.25, -0.2) is 5.48 Å². The Bertz CT molecular complexity index is 849. The van der Waals surface area contributed by atoms with E-state index in [1.54, 1.807) is 5.48 Å². The van der Waals surface area contributed by atoms with E-state index in [0.29, 0.717) is 12.8 Å². The molecule has 0 bridgehead atoms. The predicted octanol–water partition coefficient (Wildman–Crippen LogP) is 4.13. The van der Waals surface area contributed by atoms with Crippen molar-refractivity contribution in [3.8, 4) is 0 Å². The van der Waals surface area contributed by atoms with Gasteiger partial charge in [0, 0.05) is 19.5 Å². The minimum Gasteiger partial charge on any atom is -0.295 e. The molecule has 4 heteroatoms. The Morgan fingerprint density at radius 3 is 2.31 bits per heavy atom. The average molecular weight is 348 g/mol. The quantitative estimate of drug-likeness (QED) is 0.475. The summed E-state index contributed by atoms with van der Waals surface area (Å²) in [5, 5.41) is 11.1. The summed E-state index contributed by atoms with van der Waals surface area (Å²) in [6, 6.07) is 25.3. The number of carbonyl (C=O) groups excluding carboxylic acids is 1. The van der Waals surface area contributed by atoms with E-state index in [1.807, 2.05) is 18.2 Å². The fourth-order valence-corrected chi connectivity index (χ4v) is 3.17. The van der Waals surface area contributed by atoms with Gasteiger partial charge in [0.25, 0.3) is 0 Å². The molecule has 0 spiro atoms. The predicted molar refractivity (Wildman–Crippen MR) is 104 cm³/mol. The summed E-state index contributed by atoms with van der Waals surface area (Å²) >= 11 is 0. The molecule has 2 N–H and O–H groups in total. The normalized spacial score (nSPS) is 11.0. The highest BCUT2D eigenvalue weighted by Gasteiger charge is 2.09. The van der Waals surface area contributed by atoms with E-state index in [0.717, 1.165) is 19.6 Å². The van der Waals surface area contributed by atoms with Crippen molar-refractivity contribution in [1.82, 2.24) is 10.4 Å². The fourth-order valence-electron chi connectivity index (χ4n) is 3.17. The Hall–Kier alpha value is -2.69. The van der Waals surface area contributed by atoms with E-state index in [-0.39, 0.29) is 5.91 Å². The minimum atomic E-state index is -0.338. The average Bonchev–Trinajstić information content (AvgIpc) is 2.68. The molecule has 0 atom stereocenters. The van der Waals surface area contributed by atoms with E-state index in [1.165, 1.54) is 21.9 Å². The van der Waals surface area contributed by atoms with Crippen LogP contribution in [-0.4, -0.2) is 22.6 Å². The van der Waals surface area contributed by atoms with Crippen LogP contribution in [0.25, 0.3) is 10.8 Å². The highest BCUT2D eigenvalue weighted by molar-refractivity contribution is 5.82. The van der Waals surface area contributed by atoms with E-state index in [2.05, 4.69) is 59.5 Å². The molecule has 0 aliphatic carbocycles. The number of nitrogens with zero attached hydrogens (tertiary/aromatic N) is 1. The van der Waals surface area contributed by atoms with Gasteiger partial charge in [0.05, 0.1) is 0 Å². The molecular formula is C22H24N2O2. The first-order chi connectivity index (χ1) is 12.7. The molecule has 134 valence electrons. The third-order valence-electron chi connectivity index (χ3n) is 4.47. The molecule has 0 saturated carbocycles. The Labute approximate surface area is 154 Å². The first kappa shape index (κ1) is 18.1. The molecule has 3 aromatic carbocycles. The number of fused-ring (bicyclic) bond motifs is 1. The Balaban J connectivity index is 1.71. The molecule has 4 nitrogen and oxygen atoms in total. The zero-order chi connectivity index (χ0) is 18.2. The third kappa shape index (κ3) is 5.15. The van der Waals surface area contributed by atoms with Gasteiger partial charge in [-0.15, -0.1) is 0 Å². The second-order valence-electron chi connectivity index (χ2n) is 6.52. The lowest BCUT2D eigenvalue weighted by Crippen LogP contribution is -2.26. The summed E-state index contributed by atoms with van der Waals surface area (Å²) in [5.41, 5.74) is 4.21. The number of nitrogens with one attached hydrogen (secondary N) is 1.